The van der Waals surface area contributed by atoms with E-state index < -0.39 is 5.76 Å². The van der Waals surface area contributed by atoms with Gasteiger partial charge in [-0.1, -0.05) is 0 Å². The summed E-state index contributed by atoms with van der Waals surface area (Å²) in [5.41, 5.74) is 7.25. The van der Waals surface area contributed by atoms with Gasteiger partial charge >= 0.3 is 5.76 Å². The maximum absolute atomic E-state index is 11.2. The van der Waals surface area contributed by atoms with Crippen LogP contribution < -0.4 is 16.2 Å². The quantitative estimate of drug-likeness (QED) is 0.679. The second-order valence-electron chi connectivity index (χ2n) is 2.99. The van der Waals surface area contributed by atoms with Crippen molar-refractivity contribution in [2.75, 3.05) is 12.8 Å². The van der Waals surface area contributed by atoms with Gasteiger partial charge in [0.25, 0.3) is 0 Å². The molecule has 0 unspecified atom stereocenters. The monoisotopic (exact) mass is 194 g/mol. The van der Waals surface area contributed by atoms with Crippen LogP contribution in [0.4, 0.5) is 5.69 Å². The molecule has 1 aromatic carbocycles. The summed E-state index contributed by atoms with van der Waals surface area (Å²) in [5, 5.41) is 0. The van der Waals surface area contributed by atoms with Crippen LogP contribution >= 0.6 is 0 Å². The fourth-order valence-corrected chi connectivity index (χ4v) is 1.35. The first kappa shape index (κ1) is 8.68. The van der Waals surface area contributed by atoms with Crippen LogP contribution in [-0.2, 0) is 7.05 Å². The molecule has 0 aliphatic heterocycles. The van der Waals surface area contributed by atoms with E-state index in [1.807, 2.05) is 0 Å². The average Bonchev–Trinajstić information content (AvgIpc) is 2.41. The number of rotatable bonds is 1. The number of fused-ring (bicyclic) bond motifs is 1. The Morgan fingerprint density at radius 2 is 2.21 bits per heavy atom. The maximum Gasteiger partial charge on any atom is 0.419 e. The number of nitrogens with zero attached hydrogens (tertiary/aromatic N) is 1. The first-order valence-corrected chi connectivity index (χ1v) is 4.06. The number of benzene rings is 1. The molecular weight excluding hydrogens is 184 g/mol. The predicted octanol–water partition coefficient (Wildman–Crippen LogP) is 0.722. The van der Waals surface area contributed by atoms with Crippen LogP contribution in [0.3, 0.4) is 0 Å². The molecule has 5 nitrogen and oxygen atoms in total. The number of ether oxygens (including phenoxy) is 1. The lowest BCUT2D eigenvalue weighted by Gasteiger charge is -2.03. The number of anilines is 1. The zero-order chi connectivity index (χ0) is 10.3. The topological polar surface area (TPSA) is 70.4 Å². The number of hydrogen-bond acceptors (Lipinski definition) is 4. The van der Waals surface area contributed by atoms with Crippen LogP contribution in [0, 0.1) is 0 Å². The van der Waals surface area contributed by atoms with Crippen LogP contribution in [0.5, 0.6) is 5.75 Å². The molecule has 74 valence electrons. The molecule has 0 aliphatic rings. The summed E-state index contributed by atoms with van der Waals surface area (Å²) in [6.45, 7) is 0. The highest BCUT2D eigenvalue weighted by atomic mass is 16.5. The molecule has 1 heterocycles. The van der Waals surface area contributed by atoms with E-state index in [4.69, 9.17) is 14.9 Å². The summed E-state index contributed by atoms with van der Waals surface area (Å²) in [6.07, 6.45) is 0. The summed E-state index contributed by atoms with van der Waals surface area (Å²) in [5.74, 6) is 0.126. The third-order valence-corrected chi connectivity index (χ3v) is 2.14. The highest BCUT2D eigenvalue weighted by molar-refractivity contribution is 5.80. The summed E-state index contributed by atoms with van der Waals surface area (Å²) >= 11 is 0. The molecule has 0 amide bonds. The molecule has 0 saturated heterocycles. The molecular formula is C9H10N2O3. The van der Waals surface area contributed by atoms with Gasteiger partial charge in [0.15, 0.2) is 5.58 Å². The van der Waals surface area contributed by atoms with E-state index in [0.29, 0.717) is 22.5 Å². The molecule has 0 bridgehead atoms. The van der Waals surface area contributed by atoms with Crippen molar-refractivity contribution < 1.29 is 9.15 Å². The molecule has 0 saturated carbocycles. The molecule has 1 aromatic heterocycles. The Kier molecular flexibility index (Phi) is 1.73. The second-order valence-corrected chi connectivity index (χ2v) is 2.99. The molecule has 0 spiro atoms. The lowest BCUT2D eigenvalue weighted by Crippen LogP contribution is -2.08. The Labute approximate surface area is 79.7 Å². The smallest absolute Gasteiger partial charge is 0.419 e. The third kappa shape index (κ3) is 1.06. The fraction of sp³-hybridized carbons (Fsp3) is 0.222. The van der Waals surface area contributed by atoms with Gasteiger partial charge in [0.2, 0.25) is 0 Å². The van der Waals surface area contributed by atoms with E-state index in [9.17, 15) is 4.79 Å². The molecule has 5 heteroatoms. The van der Waals surface area contributed by atoms with Crippen molar-refractivity contribution in [2.45, 2.75) is 0 Å². The minimum absolute atomic E-state index is 0.410. The maximum atomic E-state index is 11.2. The Morgan fingerprint density at radius 1 is 1.50 bits per heavy atom. The van der Waals surface area contributed by atoms with E-state index in [-0.39, 0.29) is 0 Å². The van der Waals surface area contributed by atoms with Gasteiger partial charge in [-0.25, -0.2) is 4.79 Å². The van der Waals surface area contributed by atoms with Crippen molar-refractivity contribution in [3.05, 3.63) is 22.7 Å². The highest BCUT2D eigenvalue weighted by Gasteiger charge is 2.09. The van der Waals surface area contributed by atoms with Gasteiger partial charge in [-0.05, 0) is 0 Å². The second kappa shape index (κ2) is 2.80. The fourth-order valence-electron chi connectivity index (χ4n) is 1.35. The van der Waals surface area contributed by atoms with Crippen LogP contribution in [0.1, 0.15) is 0 Å². The summed E-state index contributed by atoms with van der Waals surface area (Å²) in [6, 6.07) is 3.26. The molecule has 14 heavy (non-hydrogen) atoms. The van der Waals surface area contributed by atoms with Crippen molar-refractivity contribution in [3.8, 4) is 5.75 Å². The number of aryl methyl sites for hydroxylation is 1. The summed E-state index contributed by atoms with van der Waals surface area (Å²) < 4.78 is 11.4. The van der Waals surface area contributed by atoms with Gasteiger partial charge in [0, 0.05) is 19.2 Å². The summed E-state index contributed by atoms with van der Waals surface area (Å²) in [4.78, 5) is 11.2. The van der Waals surface area contributed by atoms with E-state index >= 15 is 0 Å². The van der Waals surface area contributed by atoms with Gasteiger partial charge in [-0.3, -0.25) is 4.57 Å². The van der Waals surface area contributed by atoms with Crippen LogP contribution in [0.15, 0.2) is 21.3 Å². The molecule has 0 radical (unpaired) electrons. The van der Waals surface area contributed by atoms with Gasteiger partial charge in [0.1, 0.15) is 5.75 Å². The first-order chi connectivity index (χ1) is 6.63. The molecule has 0 aliphatic carbocycles. The van der Waals surface area contributed by atoms with Crippen LogP contribution in [0.25, 0.3) is 11.1 Å². The Bertz CT molecular complexity index is 539. The van der Waals surface area contributed by atoms with Crippen molar-refractivity contribution in [2.24, 2.45) is 7.05 Å². The third-order valence-electron chi connectivity index (χ3n) is 2.14. The Hall–Kier alpha value is -1.91. The van der Waals surface area contributed by atoms with Crippen molar-refractivity contribution in [3.63, 3.8) is 0 Å². The summed E-state index contributed by atoms with van der Waals surface area (Å²) in [7, 11) is 3.15. The average molecular weight is 194 g/mol. The van der Waals surface area contributed by atoms with Gasteiger partial charge in [-0.15, -0.1) is 0 Å². The van der Waals surface area contributed by atoms with E-state index in [2.05, 4.69) is 0 Å². The Balaban J connectivity index is 2.87. The lowest BCUT2D eigenvalue weighted by atomic mass is 10.2. The zero-order valence-electron chi connectivity index (χ0n) is 7.90. The van der Waals surface area contributed by atoms with Crippen molar-refractivity contribution >= 4 is 16.8 Å². The predicted molar refractivity (Wildman–Crippen MR) is 52.4 cm³/mol. The van der Waals surface area contributed by atoms with Crippen LogP contribution in [-0.4, -0.2) is 11.7 Å². The van der Waals surface area contributed by atoms with Gasteiger partial charge in [-0.2, -0.15) is 0 Å². The van der Waals surface area contributed by atoms with Crippen molar-refractivity contribution in [1.82, 2.24) is 4.57 Å². The first-order valence-electron chi connectivity index (χ1n) is 4.06. The number of hydrogen-bond donors (Lipinski definition) is 1. The largest absolute Gasteiger partial charge is 0.495 e. The number of aromatic nitrogens is 1. The Morgan fingerprint density at radius 3 is 2.86 bits per heavy atom. The van der Waals surface area contributed by atoms with E-state index in [0.717, 1.165) is 0 Å². The minimum atomic E-state index is -0.410. The van der Waals surface area contributed by atoms with Gasteiger partial charge in [0.05, 0.1) is 18.3 Å². The lowest BCUT2D eigenvalue weighted by molar-refractivity contribution is 0.417. The normalized spacial score (nSPS) is 10.7. The molecule has 0 fully saturated rings. The zero-order valence-corrected chi connectivity index (χ0v) is 7.90. The minimum Gasteiger partial charge on any atom is -0.495 e. The SMILES string of the molecule is COc1cc2c(cc1N)oc(=O)n2C. The highest BCUT2D eigenvalue weighted by Crippen LogP contribution is 2.26. The van der Waals surface area contributed by atoms with Gasteiger partial charge < -0.3 is 14.9 Å². The number of nitrogen functional groups attached to an aromatic ring is 1. The van der Waals surface area contributed by atoms with Crippen molar-refractivity contribution in [1.29, 1.82) is 0 Å². The molecule has 2 N–H and O–H groups in total. The number of oxazole rings is 1. The number of methoxy groups -OCH3 is 1. The molecule has 2 rings (SSSR count). The van der Waals surface area contributed by atoms with E-state index in [1.165, 1.54) is 11.7 Å². The van der Waals surface area contributed by atoms with E-state index in [1.54, 1.807) is 19.2 Å². The molecule has 2 aromatic rings. The van der Waals surface area contributed by atoms with Crippen LogP contribution in [0.2, 0.25) is 0 Å². The molecule has 0 atom stereocenters. The number of nitrogens with two attached hydrogens (primary N) is 1. The standard InChI is InChI=1S/C9H10N2O3/c1-11-6-4-7(13-2)5(10)3-8(6)14-9(11)12/h3-4H,10H2,1-2H3.